The molecule has 0 bridgehead atoms. The second kappa shape index (κ2) is 8.10. The monoisotopic (exact) mass is 283 g/mol. The predicted molar refractivity (Wildman–Crippen MR) is 84.5 cm³/mol. The van der Waals surface area contributed by atoms with Gasteiger partial charge in [0, 0.05) is 12.1 Å². The Kier molecular flexibility index (Phi) is 5.83. The number of benzene rings is 2. The Morgan fingerprint density at radius 1 is 1.05 bits per heavy atom. The van der Waals surface area contributed by atoms with Gasteiger partial charge in [-0.2, -0.15) is 0 Å². The van der Waals surface area contributed by atoms with Gasteiger partial charge in [0.2, 0.25) is 0 Å². The number of unbranched alkanes of at least 4 members (excludes halogenated alkanes) is 1. The van der Waals surface area contributed by atoms with E-state index in [0.29, 0.717) is 12.2 Å². The van der Waals surface area contributed by atoms with E-state index in [-0.39, 0.29) is 5.91 Å². The normalized spacial score (nSPS) is 10.1. The molecule has 0 aliphatic carbocycles. The standard InChI is InChI=1S/C18H21NO2/c1-2-3-13-19-18(20)16-11-9-15(10-12-16)14-21-17-7-5-4-6-8-17/h4-12H,2-3,13-14H2,1H3,(H,19,20). The third-order valence-electron chi connectivity index (χ3n) is 3.18. The number of amides is 1. The summed E-state index contributed by atoms with van der Waals surface area (Å²) in [4.78, 5) is 11.9. The Morgan fingerprint density at radius 3 is 2.43 bits per heavy atom. The summed E-state index contributed by atoms with van der Waals surface area (Å²) in [5.41, 5.74) is 1.73. The number of hydrogen-bond donors (Lipinski definition) is 1. The zero-order valence-corrected chi connectivity index (χ0v) is 12.3. The Morgan fingerprint density at radius 2 is 1.76 bits per heavy atom. The van der Waals surface area contributed by atoms with Gasteiger partial charge in [0.15, 0.2) is 0 Å². The van der Waals surface area contributed by atoms with E-state index in [4.69, 9.17) is 4.74 Å². The highest BCUT2D eigenvalue weighted by molar-refractivity contribution is 5.94. The molecule has 2 aromatic rings. The lowest BCUT2D eigenvalue weighted by Crippen LogP contribution is -2.24. The van der Waals surface area contributed by atoms with Crippen LogP contribution in [0.2, 0.25) is 0 Å². The number of hydrogen-bond acceptors (Lipinski definition) is 2. The summed E-state index contributed by atoms with van der Waals surface area (Å²) in [6, 6.07) is 17.2. The van der Waals surface area contributed by atoms with E-state index in [1.165, 1.54) is 0 Å². The molecule has 0 unspecified atom stereocenters. The summed E-state index contributed by atoms with van der Waals surface area (Å²) in [6.07, 6.45) is 2.09. The first-order valence-electron chi connectivity index (χ1n) is 7.34. The van der Waals surface area contributed by atoms with Gasteiger partial charge in [-0.05, 0) is 36.2 Å². The Labute approximate surface area is 126 Å². The van der Waals surface area contributed by atoms with Gasteiger partial charge in [-0.15, -0.1) is 0 Å². The molecule has 21 heavy (non-hydrogen) atoms. The van der Waals surface area contributed by atoms with E-state index in [9.17, 15) is 4.79 Å². The molecule has 0 saturated carbocycles. The summed E-state index contributed by atoms with van der Waals surface area (Å²) >= 11 is 0. The van der Waals surface area contributed by atoms with Gasteiger partial charge < -0.3 is 10.1 Å². The molecule has 0 aliphatic rings. The third kappa shape index (κ3) is 4.95. The van der Waals surface area contributed by atoms with Crippen molar-refractivity contribution in [3.8, 4) is 5.75 Å². The molecule has 1 amide bonds. The molecule has 3 heteroatoms. The lowest BCUT2D eigenvalue weighted by atomic mass is 10.1. The first-order valence-corrected chi connectivity index (χ1v) is 7.34. The SMILES string of the molecule is CCCCNC(=O)c1ccc(COc2ccccc2)cc1. The Bertz CT molecular complexity index is 549. The fourth-order valence-electron chi connectivity index (χ4n) is 1.92. The van der Waals surface area contributed by atoms with E-state index in [1.807, 2.05) is 54.6 Å². The van der Waals surface area contributed by atoms with E-state index in [1.54, 1.807) is 0 Å². The third-order valence-corrected chi connectivity index (χ3v) is 3.18. The molecule has 2 rings (SSSR count). The van der Waals surface area contributed by atoms with Crippen molar-refractivity contribution in [1.82, 2.24) is 5.32 Å². The number of carbonyl (C=O) groups excluding carboxylic acids is 1. The smallest absolute Gasteiger partial charge is 0.251 e. The average Bonchev–Trinajstić information content (AvgIpc) is 2.54. The molecular weight excluding hydrogens is 262 g/mol. The Hall–Kier alpha value is -2.29. The summed E-state index contributed by atoms with van der Waals surface area (Å²) < 4.78 is 5.67. The van der Waals surface area contributed by atoms with Crippen LogP contribution in [-0.4, -0.2) is 12.5 Å². The van der Waals surface area contributed by atoms with E-state index in [2.05, 4.69) is 12.2 Å². The topological polar surface area (TPSA) is 38.3 Å². The zero-order chi connectivity index (χ0) is 14.9. The highest BCUT2D eigenvalue weighted by atomic mass is 16.5. The van der Waals surface area contributed by atoms with Crippen molar-refractivity contribution in [2.45, 2.75) is 26.4 Å². The molecule has 0 aromatic heterocycles. The fourth-order valence-corrected chi connectivity index (χ4v) is 1.92. The molecule has 0 heterocycles. The van der Waals surface area contributed by atoms with Crippen molar-refractivity contribution in [3.63, 3.8) is 0 Å². The number of ether oxygens (including phenoxy) is 1. The van der Waals surface area contributed by atoms with Crippen LogP contribution in [-0.2, 0) is 6.61 Å². The van der Waals surface area contributed by atoms with E-state index < -0.39 is 0 Å². The molecule has 1 N–H and O–H groups in total. The molecule has 2 aromatic carbocycles. The molecule has 0 atom stereocenters. The summed E-state index contributed by atoms with van der Waals surface area (Å²) in [7, 11) is 0. The van der Waals surface area contributed by atoms with Gasteiger partial charge >= 0.3 is 0 Å². The van der Waals surface area contributed by atoms with Crippen molar-refractivity contribution >= 4 is 5.91 Å². The van der Waals surface area contributed by atoms with Crippen LogP contribution in [0.3, 0.4) is 0 Å². The first-order chi connectivity index (χ1) is 10.3. The first kappa shape index (κ1) is 15.1. The van der Waals surface area contributed by atoms with Crippen LogP contribution < -0.4 is 10.1 Å². The number of nitrogens with one attached hydrogen (secondary N) is 1. The highest BCUT2D eigenvalue weighted by Crippen LogP contribution is 2.12. The molecule has 110 valence electrons. The van der Waals surface area contributed by atoms with Crippen LogP contribution in [0.25, 0.3) is 0 Å². The lowest BCUT2D eigenvalue weighted by molar-refractivity contribution is 0.0953. The second-order valence-electron chi connectivity index (χ2n) is 4.91. The van der Waals surface area contributed by atoms with Crippen LogP contribution >= 0.6 is 0 Å². The largest absolute Gasteiger partial charge is 0.489 e. The minimum atomic E-state index is -0.0148. The summed E-state index contributed by atoms with van der Waals surface area (Å²) in [5, 5.41) is 2.91. The number of rotatable bonds is 7. The number of carbonyl (C=O) groups is 1. The minimum absolute atomic E-state index is 0.0148. The van der Waals surface area contributed by atoms with Crippen LogP contribution in [0.5, 0.6) is 5.75 Å². The molecule has 0 aliphatic heterocycles. The molecule has 0 saturated heterocycles. The predicted octanol–water partition coefficient (Wildman–Crippen LogP) is 3.80. The van der Waals surface area contributed by atoms with Crippen LogP contribution in [0.1, 0.15) is 35.7 Å². The van der Waals surface area contributed by atoms with Crippen molar-refractivity contribution in [3.05, 3.63) is 65.7 Å². The zero-order valence-electron chi connectivity index (χ0n) is 12.3. The summed E-state index contributed by atoms with van der Waals surface area (Å²) in [6.45, 7) is 3.34. The van der Waals surface area contributed by atoms with E-state index in [0.717, 1.165) is 30.7 Å². The maximum absolute atomic E-state index is 11.9. The molecule has 0 fully saturated rings. The van der Waals surface area contributed by atoms with Gasteiger partial charge in [-0.25, -0.2) is 0 Å². The van der Waals surface area contributed by atoms with Crippen molar-refractivity contribution in [1.29, 1.82) is 0 Å². The van der Waals surface area contributed by atoms with Crippen molar-refractivity contribution < 1.29 is 9.53 Å². The maximum atomic E-state index is 11.9. The lowest BCUT2D eigenvalue weighted by Gasteiger charge is -2.07. The quantitative estimate of drug-likeness (QED) is 0.785. The molecular formula is C18H21NO2. The van der Waals surface area contributed by atoms with Gasteiger partial charge in [0.1, 0.15) is 12.4 Å². The highest BCUT2D eigenvalue weighted by Gasteiger charge is 2.04. The van der Waals surface area contributed by atoms with Crippen LogP contribution in [0.15, 0.2) is 54.6 Å². The Balaban J connectivity index is 1.85. The maximum Gasteiger partial charge on any atom is 0.251 e. The molecule has 0 radical (unpaired) electrons. The molecule has 0 spiro atoms. The van der Waals surface area contributed by atoms with Gasteiger partial charge in [-0.3, -0.25) is 4.79 Å². The van der Waals surface area contributed by atoms with Crippen molar-refractivity contribution in [2.75, 3.05) is 6.54 Å². The molecule has 3 nitrogen and oxygen atoms in total. The average molecular weight is 283 g/mol. The van der Waals surface area contributed by atoms with E-state index >= 15 is 0 Å². The van der Waals surface area contributed by atoms with Crippen LogP contribution in [0.4, 0.5) is 0 Å². The van der Waals surface area contributed by atoms with Gasteiger partial charge in [0.05, 0.1) is 0 Å². The van der Waals surface area contributed by atoms with Gasteiger partial charge in [-0.1, -0.05) is 43.7 Å². The van der Waals surface area contributed by atoms with Crippen LogP contribution in [0, 0.1) is 0 Å². The fraction of sp³-hybridized carbons (Fsp3) is 0.278. The van der Waals surface area contributed by atoms with Crippen molar-refractivity contribution in [2.24, 2.45) is 0 Å². The second-order valence-corrected chi connectivity index (χ2v) is 4.91. The van der Waals surface area contributed by atoms with Gasteiger partial charge in [0.25, 0.3) is 5.91 Å². The minimum Gasteiger partial charge on any atom is -0.489 e. The number of para-hydroxylation sites is 1. The summed E-state index contributed by atoms with van der Waals surface area (Å²) in [5.74, 6) is 0.831.